The van der Waals surface area contributed by atoms with E-state index in [0.717, 1.165) is 5.52 Å². The number of benzene rings is 2. The Hall–Kier alpha value is -2.76. The molecule has 4 nitrogen and oxygen atoms in total. The number of aryl methyl sites for hydroxylation is 2. The van der Waals surface area contributed by atoms with Crippen molar-refractivity contribution < 1.29 is 8.78 Å². The smallest absolute Gasteiger partial charge is 0.177 e. The van der Waals surface area contributed by atoms with Crippen LogP contribution in [-0.2, 0) is 14.1 Å². The SMILES string of the molecule is Cn1c(-c2nc3ccc(F)cc3n2C)nc2cc(F)ccc21. The second-order valence-electron chi connectivity index (χ2n) is 5.25. The molecule has 0 saturated carbocycles. The normalized spacial score (nSPS) is 11.6. The number of fused-ring (bicyclic) bond motifs is 2. The van der Waals surface area contributed by atoms with Gasteiger partial charge in [-0.3, -0.25) is 0 Å². The summed E-state index contributed by atoms with van der Waals surface area (Å²) in [6.07, 6.45) is 0. The Morgan fingerprint density at radius 3 is 2.09 bits per heavy atom. The maximum atomic E-state index is 13.4. The van der Waals surface area contributed by atoms with Gasteiger partial charge in [0.05, 0.1) is 22.1 Å². The van der Waals surface area contributed by atoms with Crippen LogP contribution in [0.15, 0.2) is 36.4 Å². The van der Waals surface area contributed by atoms with Crippen LogP contribution in [0.2, 0.25) is 0 Å². The third-order valence-corrected chi connectivity index (χ3v) is 3.89. The van der Waals surface area contributed by atoms with E-state index in [1.807, 2.05) is 18.7 Å². The molecule has 2 aromatic heterocycles. The fourth-order valence-electron chi connectivity index (χ4n) is 2.74. The summed E-state index contributed by atoms with van der Waals surface area (Å²) in [5.41, 5.74) is 2.76. The van der Waals surface area contributed by atoms with Crippen LogP contribution in [-0.4, -0.2) is 19.1 Å². The Labute approximate surface area is 124 Å². The highest BCUT2D eigenvalue weighted by atomic mass is 19.1. The highest BCUT2D eigenvalue weighted by Crippen LogP contribution is 2.26. The van der Waals surface area contributed by atoms with E-state index >= 15 is 0 Å². The summed E-state index contributed by atoms with van der Waals surface area (Å²) in [6, 6.07) is 8.93. The minimum Gasteiger partial charge on any atom is -0.324 e. The van der Waals surface area contributed by atoms with Crippen LogP contribution < -0.4 is 0 Å². The number of nitrogens with zero attached hydrogens (tertiary/aromatic N) is 4. The van der Waals surface area contributed by atoms with Crippen molar-refractivity contribution in [3.05, 3.63) is 48.0 Å². The fourth-order valence-corrected chi connectivity index (χ4v) is 2.74. The number of imidazole rings is 2. The van der Waals surface area contributed by atoms with Crippen molar-refractivity contribution in [1.29, 1.82) is 0 Å². The summed E-state index contributed by atoms with van der Waals surface area (Å²) < 4.78 is 30.4. The summed E-state index contributed by atoms with van der Waals surface area (Å²) in [6.45, 7) is 0. The minimum atomic E-state index is -0.329. The lowest BCUT2D eigenvalue weighted by Gasteiger charge is -2.02. The van der Waals surface area contributed by atoms with Gasteiger partial charge in [-0.1, -0.05) is 0 Å². The first kappa shape index (κ1) is 12.9. The molecule has 110 valence electrons. The molecule has 0 spiro atoms. The van der Waals surface area contributed by atoms with Crippen LogP contribution in [0.1, 0.15) is 0 Å². The van der Waals surface area contributed by atoms with Crippen molar-refractivity contribution in [2.75, 3.05) is 0 Å². The van der Waals surface area contributed by atoms with Gasteiger partial charge in [0, 0.05) is 20.2 Å². The van der Waals surface area contributed by atoms with E-state index in [4.69, 9.17) is 0 Å². The molecular weight excluding hydrogens is 286 g/mol. The minimum absolute atomic E-state index is 0.311. The van der Waals surface area contributed by atoms with Crippen LogP contribution in [0.25, 0.3) is 33.7 Å². The molecule has 2 aromatic carbocycles. The van der Waals surface area contributed by atoms with Gasteiger partial charge in [0.25, 0.3) is 0 Å². The van der Waals surface area contributed by atoms with Crippen molar-refractivity contribution >= 4 is 22.1 Å². The molecule has 2 heterocycles. The van der Waals surface area contributed by atoms with E-state index in [-0.39, 0.29) is 11.6 Å². The standard InChI is InChI=1S/C16H12F2N4/c1-21-13-6-4-9(17)7-12(13)20-16(21)15-19-11-5-3-10(18)8-14(11)22(15)2/h3-8H,1-2H3. The Morgan fingerprint density at radius 2 is 1.32 bits per heavy atom. The molecule has 0 radical (unpaired) electrons. The topological polar surface area (TPSA) is 35.6 Å². The Morgan fingerprint density at radius 1 is 0.727 bits per heavy atom. The monoisotopic (exact) mass is 298 g/mol. The van der Waals surface area contributed by atoms with Gasteiger partial charge in [-0.25, -0.2) is 18.7 Å². The first-order valence-corrected chi connectivity index (χ1v) is 6.79. The fraction of sp³-hybridized carbons (Fsp3) is 0.125. The number of hydrogen-bond acceptors (Lipinski definition) is 2. The van der Waals surface area contributed by atoms with E-state index in [1.165, 1.54) is 24.3 Å². The van der Waals surface area contributed by atoms with Crippen LogP contribution in [0, 0.1) is 11.6 Å². The summed E-state index contributed by atoms with van der Waals surface area (Å²) in [4.78, 5) is 8.99. The molecule has 22 heavy (non-hydrogen) atoms. The lowest BCUT2D eigenvalue weighted by atomic mass is 10.3. The molecule has 0 atom stereocenters. The van der Waals surface area contributed by atoms with E-state index in [1.54, 1.807) is 16.7 Å². The Kier molecular flexibility index (Phi) is 2.57. The maximum Gasteiger partial charge on any atom is 0.177 e. The molecule has 0 saturated heterocycles. The molecule has 0 fully saturated rings. The van der Waals surface area contributed by atoms with Crippen molar-refractivity contribution in [3.8, 4) is 11.6 Å². The van der Waals surface area contributed by atoms with E-state index in [9.17, 15) is 8.78 Å². The average Bonchev–Trinajstić information content (AvgIpc) is 2.97. The zero-order chi connectivity index (χ0) is 15.4. The summed E-state index contributed by atoms with van der Waals surface area (Å²) in [7, 11) is 3.66. The highest BCUT2D eigenvalue weighted by Gasteiger charge is 2.17. The molecule has 4 aromatic rings. The van der Waals surface area contributed by atoms with Crippen LogP contribution in [0.4, 0.5) is 8.78 Å². The third kappa shape index (κ3) is 1.73. The van der Waals surface area contributed by atoms with E-state index in [2.05, 4.69) is 9.97 Å². The number of rotatable bonds is 1. The molecule has 0 bridgehead atoms. The molecule has 0 aliphatic rings. The third-order valence-electron chi connectivity index (χ3n) is 3.89. The average molecular weight is 298 g/mol. The predicted molar refractivity (Wildman–Crippen MR) is 80.3 cm³/mol. The zero-order valence-electron chi connectivity index (χ0n) is 12.0. The first-order chi connectivity index (χ1) is 10.5. The number of hydrogen-bond donors (Lipinski definition) is 0. The molecule has 0 aliphatic carbocycles. The highest BCUT2D eigenvalue weighted by molar-refractivity contribution is 5.83. The van der Waals surface area contributed by atoms with Crippen LogP contribution in [0.5, 0.6) is 0 Å². The van der Waals surface area contributed by atoms with E-state index < -0.39 is 0 Å². The van der Waals surface area contributed by atoms with Gasteiger partial charge in [0.1, 0.15) is 11.6 Å². The van der Waals surface area contributed by atoms with Gasteiger partial charge in [-0.15, -0.1) is 0 Å². The van der Waals surface area contributed by atoms with Crippen LogP contribution >= 0.6 is 0 Å². The van der Waals surface area contributed by atoms with Crippen molar-refractivity contribution in [2.24, 2.45) is 14.1 Å². The quantitative estimate of drug-likeness (QED) is 0.540. The molecule has 0 unspecified atom stereocenters. The van der Waals surface area contributed by atoms with Gasteiger partial charge >= 0.3 is 0 Å². The second-order valence-corrected chi connectivity index (χ2v) is 5.25. The Balaban J connectivity index is 2.02. The Bertz CT molecular complexity index is 1030. The maximum absolute atomic E-state index is 13.4. The van der Waals surface area contributed by atoms with Gasteiger partial charge < -0.3 is 9.13 Å². The molecule has 0 aliphatic heterocycles. The molecular formula is C16H12F2N4. The number of aromatic nitrogens is 4. The first-order valence-electron chi connectivity index (χ1n) is 6.79. The van der Waals surface area contributed by atoms with Gasteiger partial charge in [0.2, 0.25) is 0 Å². The lowest BCUT2D eigenvalue weighted by molar-refractivity contribution is 0.628. The van der Waals surface area contributed by atoms with Crippen LogP contribution in [0.3, 0.4) is 0 Å². The van der Waals surface area contributed by atoms with Gasteiger partial charge in [-0.05, 0) is 30.3 Å². The molecule has 0 amide bonds. The van der Waals surface area contributed by atoms with E-state index in [0.29, 0.717) is 28.2 Å². The predicted octanol–water partition coefficient (Wildman–Crippen LogP) is 3.41. The van der Waals surface area contributed by atoms with Gasteiger partial charge in [0.15, 0.2) is 11.6 Å². The van der Waals surface area contributed by atoms with Gasteiger partial charge in [-0.2, -0.15) is 0 Å². The summed E-state index contributed by atoms with van der Waals surface area (Å²) >= 11 is 0. The van der Waals surface area contributed by atoms with Crippen molar-refractivity contribution in [2.45, 2.75) is 0 Å². The molecule has 6 heteroatoms. The largest absolute Gasteiger partial charge is 0.324 e. The summed E-state index contributed by atoms with van der Waals surface area (Å²) in [5, 5.41) is 0. The molecule has 4 rings (SSSR count). The number of halogens is 2. The zero-order valence-corrected chi connectivity index (χ0v) is 12.0. The van der Waals surface area contributed by atoms with Crippen molar-refractivity contribution in [3.63, 3.8) is 0 Å². The summed E-state index contributed by atoms with van der Waals surface area (Å²) in [5.74, 6) is 0.581. The second kappa shape index (κ2) is 4.37. The molecule has 0 N–H and O–H groups in total. The lowest BCUT2D eigenvalue weighted by Crippen LogP contribution is -1.99. The van der Waals surface area contributed by atoms with Crippen molar-refractivity contribution in [1.82, 2.24) is 19.1 Å².